The molecule has 0 radical (unpaired) electrons. The molecule has 2 aromatic rings. The minimum atomic E-state index is 0.727. The van der Waals surface area contributed by atoms with E-state index in [1.807, 2.05) is 26.0 Å². The summed E-state index contributed by atoms with van der Waals surface area (Å²) >= 11 is 0. The van der Waals surface area contributed by atoms with E-state index in [4.69, 9.17) is 0 Å². The molecule has 0 atom stereocenters. The van der Waals surface area contributed by atoms with Gasteiger partial charge in [0, 0.05) is 23.5 Å². The molecule has 0 aliphatic rings. The molecule has 0 aliphatic heterocycles. The Morgan fingerprint density at radius 2 is 1.94 bits per heavy atom. The largest absolute Gasteiger partial charge is 0.298 e. The summed E-state index contributed by atoms with van der Waals surface area (Å²) in [7, 11) is 0. The van der Waals surface area contributed by atoms with Gasteiger partial charge in [0.2, 0.25) is 0 Å². The van der Waals surface area contributed by atoms with Gasteiger partial charge < -0.3 is 0 Å². The second-order valence-electron chi connectivity index (χ2n) is 3.73. The maximum absolute atomic E-state index is 10.8. The molecule has 0 unspecified atom stereocenters. The van der Waals surface area contributed by atoms with Crippen LogP contribution in [0, 0.1) is 13.8 Å². The normalized spacial score (nSPS) is 10.1. The highest BCUT2D eigenvalue weighted by molar-refractivity contribution is 5.80. The van der Waals surface area contributed by atoms with E-state index in [-0.39, 0.29) is 0 Å². The fourth-order valence-electron chi connectivity index (χ4n) is 1.68. The smallest absolute Gasteiger partial charge is 0.150 e. The van der Waals surface area contributed by atoms with Gasteiger partial charge in [0.15, 0.2) is 0 Å². The molecular formula is C13H12N2O. The number of benzene rings is 1. The standard InChI is InChI=1S/C13H12N2O/c1-9-6-12(10(2)5-11(9)8-16)13-7-14-3-4-15-13/h3-8H,1-2H3. The molecule has 2 rings (SSSR count). The van der Waals surface area contributed by atoms with Gasteiger partial charge in [-0.3, -0.25) is 14.8 Å². The Morgan fingerprint density at radius 1 is 1.12 bits per heavy atom. The molecular weight excluding hydrogens is 200 g/mol. The van der Waals surface area contributed by atoms with Crippen LogP contribution < -0.4 is 0 Å². The quantitative estimate of drug-likeness (QED) is 0.718. The van der Waals surface area contributed by atoms with Crippen LogP contribution >= 0.6 is 0 Å². The molecule has 3 heteroatoms. The summed E-state index contributed by atoms with van der Waals surface area (Å²) in [5, 5.41) is 0. The number of hydrogen-bond donors (Lipinski definition) is 0. The number of aldehydes is 1. The van der Waals surface area contributed by atoms with Crippen LogP contribution in [0.5, 0.6) is 0 Å². The van der Waals surface area contributed by atoms with Crippen LogP contribution in [0.15, 0.2) is 30.7 Å². The van der Waals surface area contributed by atoms with E-state index < -0.39 is 0 Å². The van der Waals surface area contributed by atoms with Crippen molar-refractivity contribution >= 4 is 6.29 Å². The van der Waals surface area contributed by atoms with Crippen molar-refractivity contribution in [3.05, 3.63) is 47.4 Å². The molecule has 80 valence electrons. The highest BCUT2D eigenvalue weighted by Crippen LogP contribution is 2.23. The molecule has 3 nitrogen and oxygen atoms in total. The highest BCUT2D eigenvalue weighted by Gasteiger charge is 2.06. The molecule has 1 aromatic carbocycles. The highest BCUT2D eigenvalue weighted by atomic mass is 16.1. The van der Waals surface area contributed by atoms with Crippen molar-refractivity contribution < 1.29 is 4.79 Å². The number of carbonyl (C=O) groups excluding carboxylic acids is 1. The third-order valence-corrected chi connectivity index (χ3v) is 2.58. The van der Waals surface area contributed by atoms with Crippen LogP contribution in [0.25, 0.3) is 11.3 Å². The fraction of sp³-hybridized carbons (Fsp3) is 0.154. The van der Waals surface area contributed by atoms with Crippen molar-refractivity contribution in [2.45, 2.75) is 13.8 Å². The van der Waals surface area contributed by atoms with E-state index in [1.54, 1.807) is 18.6 Å². The second kappa shape index (κ2) is 4.23. The molecule has 0 bridgehead atoms. The first kappa shape index (κ1) is 10.5. The second-order valence-corrected chi connectivity index (χ2v) is 3.73. The Hall–Kier alpha value is -2.03. The van der Waals surface area contributed by atoms with Crippen LogP contribution in [-0.2, 0) is 0 Å². The summed E-state index contributed by atoms with van der Waals surface area (Å²) in [5.74, 6) is 0. The first-order valence-corrected chi connectivity index (χ1v) is 5.05. The molecule has 0 amide bonds. The van der Waals surface area contributed by atoms with Crippen LogP contribution in [0.2, 0.25) is 0 Å². The van der Waals surface area contributed by atoms with Crippen LogP contribution in [0.3, 0.4) is 0 Å². The molecule has 0 aliphatic carbocycles. The Morgan fingerprint density at radius 3 is 2.56 bits per heavy atom. The maximum Gasteiger partial charge on any atom is 0.150 e. The van der Waals surface area contributed by atoms with Crippen LogP contribution in [0.4, 0.5) is 0 Å². The van der Waals surface area contributed by atoms with Crippen molar-refractivity contribution in [2.75, 3.05) is 0 Å². The Bertz CT molecular complexity index is 521. The molecule has 0 N–H and O–H groups in total. The molecule has 0 saturated carbocycles. The van der Waals surface area contributed by atoms with E-state index in [9.17, 15) is 4.79 Å². The fourth-order valence-corrected chi connectivity index (χ4v) is 1.68. The van der Waals surface area contributed by atoms with E-state index >= 15 is 0 Å². The van der Waals surface area contributed by atoms with Gasteiger partial charge in [-0.15, -0.1) is 0 Å². The predicted octanol–water partition coefficient (Wildman–Crippen LogP) is 2.57. The number of aryl methyl sites for hydroxylation is 2. The van der Waals surface area contributed by atoms with Crippen LogP contribution in [0.1, 0.15) is 21.5 Å². The number of nitrogens with zero attached hydrogens (tertiary/aromatic N) is 2. The summed E-state index contributed by atoms with van der Waals surface area (Å²) in [6.07, 6.45) is 5.91. The Kier molecular flexibility index (Phi) is 2.77. The average molecular weight is 212 g/mol. The number of aromatic nitrogens is 2. The number of carbonyl (C=O) groups is 1. The minimum absolute atomic E-state index is 0.727. The van der Waals surface area contributed by atoms with Crippen molar-refractivity contribution in [2.24, 2.45) is 0 Å². The average Bonchev–Trinajstić information content (AvgIpc) is 2.32. The van der Waals surface area contributed by atoms with Gasteiger partial charge in [0.1, 0.15) is 6.29 Å². The lowest BCUT2D eigenvalue weighted by Gasteiger charge is -2.07. The summed E-state index contributed by atoms with van der Waals surface area (Å²) < 4.78 is 0. The topological polar surface area (TPSA) is 42.9 Å². The van der Waals surface area contributed by atoms with Crippen LogP contribution in [-0.4, -0.2) is 16.3 Å². The van der Waals surface area contributed by atoms with Gasteiger partial charge in [-0.1, -0.05) is 0 Å². The van der Waals surface area contributed by atoms with Gasteiger partial charge in [0.05, 0.1) is 11.9 Å². The van der Waals surface area contributed by atoms with Gasteiger partial charge in [-0.25, -0.2) is 0 Å². The first-order valence-electron chi connectivity index (χ1n) is 5.05. The minimum Gasteiger partial charge on any atom is -0.298 e. The SMILES string of the molecule is Cc1cc(-c2cnccn2)c(C)cc1C=O. The third kappa shape index (κ3) is 1.84. The Balaban J connectivity index is 2.59. The monoisotopic (exact) mass is 212 g/mol. The first-order chi connectivity index (χ1) is 7.72. The summed E-state index contributed by atoms with van der Waals surface area (Å²) in [6, 6.07) is 3.86. The van der Waals surface area contributed by atoms with Gasteiger partial charge in [0.25, 0.3) is 0 Å². The molecule has 0 saturated heterocycles. The summed E-state index contributed by atoms with van der Waals surface area (Å²) in [4.78, 5) is 19.1. The maximum atomic E-state index is 10.8. The number of hydrogen-bond acceptors (Lipinski definition) is 3. The zero-order valence-corrected chi connectivity index (χ0v) is 9.27. The summed E-state index contributed by atoms with van der Waals surface area (Å²) in [5.41, 5.74) is 4.58. The number of rotatable bonds is 2. The summed E-state index contributed by atoms with van der Waals surface area (Å²) in [6.45, 7) is 3.89. The van der Waals surface area contributed by atoms with Crippen molar-refractivity contribution in [1.29, 1.82) is 0 Å². The van der Waals surface area contributed by atoms with E-state index in [1.165, 1.54) is 0 Å². The van der Waals surface area contributed by atoms with Crippen molar-refractivity contribution in [3.63, 3.8) is 0 Å². The lowest BCUT2D eigenvalue weighted by Crippen LogP contribution is -1.93. The molecule has 1 aromatic heterocycles. The lowest BCUT2D eigenvalue weighted by atomic mass is 9.99. The van der Waals surface area contributed by atoms with Gasteiger partial charge in [-0.2, -0.15) is 0 Å². The predicted molar refractivity (Wildman–Crippen MR) is 62.3 cm³/mol. The van der Waals surface area contributed by atoms with Gasteiger partial charge >= 0.3 is 0 Å². The molecule has 16 heavy (non-hydrogen) atoms. The van der Waals surface area contributed by atoms with E-state index in [2.05, 4.69) is 9.97 Å². The van der Waals surface area contributed by atoms with Crippen molar-refractivity contribution in [1.82, 2.24) is 9.97 Å². The third-order valence-electron chi connectivity index (χ3n) is 2.58. The lowest BCUT2D eigenvalue weighted by molar-refractivity contribution is 0.112. The zero-order valence-electron chi connectivity index (χ0n) is 9.27. The molecule has 0 fully saturated rings. The van der Waals surface area contributed by atoms with Gasteiger partial charge in [-0.05, 0) is 37.1 Å². The van der Waals surface area contributed by atoms with Crippen molar-refractivity contribution in [3.8, 4) is 11.3 Å². The molecule has 1 heterocycles. The zero-order chi connectivity index (χ0) is 11.5. The van der Waals surface area contributed by atoms with E-state index in [0.717, 1.165) is 34.2 Å². The Labute approximate surface area is 94.2 Å². The molecule has 0 spiro atoms. The van der Waals surface area contributed by atoms with E-state index in [0.29, 0.717) is 0 Å².